The molecular formula is C22H25NO2. The number of hydrogen-bond acceptors (Lipinski definition) is 2. The van der Waals surface area contributed by atoms with Crippen molar-refractivity contribution in [1.29, 1.82) is 0 Å². The van der Waals surface area contributed by atoms with Crippen molar-refractivity contribution in [2.45, 2.75) is 32.7 Å². The molecule has 0 spiro atoms. The maximum atomic E-state index is 11.9. The Bertz CT molecular complexity index is 800. The third kappa shape index (κ3) is 2.77. The topological polar surface area (TPSA) is 40.5 Å². The Morgan fingerprint density at radius 2 is 1.88 bits per heavy atom. The van der Waals surface area contributed by atoms with E-state index in [0.29, 0.717) is 12.5 Å². The van der Waals surface area contributed by atoms with E-state index in [9.17, 15) is 9.90 Å². The molecule has 130 valence electrons. The first-order valence-electron chi connectivity index (χ1n) is 9.20. The van der Waals surface area contributed by atoms with Crippen LogP contribution in [0.4, 0.5) is 0 Å². The number of fused-ring (bicyclic) bond motifs is 1. The molecule has 1 heterocycles. The summed E-state index contributed by atoms with van der Waals surface area (Å²) in [5.41, 5.74) is 4.59. The van der Waals surface area contributed by atoms with Crippen molar-refractivity contribution in [2.75, 3.05) is 13.1 Å². The van der Waals surface area contributed by atoms with Gasteiger partial charge in [-0.1, -0.05) is 55.0 Å². The molecule has 1 aliphatic carbocycles. The Morgan fingerprint density at radius 1 is 1.16 bits per heavy atom. The lowest BCUT2D eigenvalue weighted by Crippen LogP contribution is -2.35. The Balaban J connectivity index is 1.61. The summed E-state index contributed by atoms with van der Waals surface area (Å²) in [6, 6.07) is 17.0. The Kier molecular flexibility index (Phi) is 4.12. The predicted octanol–water partition coefficient (Wildman–Crippen LogP) is 4.35. The molecule has 3 heteroatoms. The molecule has 0 bridgehead atoms. The number of nitrogens with zero attached hydrogens (tertiary/aromatic N) is 1. The van der Waals surface area contributed by atoms with Gasteiger partial charge in [0.15, 0.2) is 0 Å². The lowest BCUT2D eigenvalue weighted by molar-refractivity contribution is -0.149. The quantitative estimate of drug-likeness (QED) is 0.903. The van der Waals surface area contributed by atoms with E-state index < -0.39 is 11.4 Å². The first-order chi connectivity index (χ1) is 12.1. The zero-order valence-corrected chi connectivity index (χ0v) is 14.7. The van der Waals surface area contributed by atoms with E-state index in [0.717, 1.165) is 32.4 Å². The summed E-state index contributed by atoms with van der Waals surface area (Å²) >= 11 is 0. The summed E-state index contributed by atoms with van der Waals surface area (Å²) in [5.74, 6) is -0.277. The van der Waals surface area contributed by atoms with Crippen molar-refractivity contribution in [2.24, 2.45) is 11.3 Å². The molecule has 0 radical (unpaired) electrons. The zero-order valence-electron chi connectivity index (χ0n) is 14.7. The summed E-state index contributed by atoms with van der Waals surface area (Å²) in [4.78, 5) is 14.3. The van der Waals surface area contributed by atoms with Crippen LogP contribution in [0.25, 0.3) is 11.1 Å². The number of carboxylic acids is 1. The first kappa shape index (κ1) is 16.3. The zero-order chi connectivity index (χ0) is 17.4. The second-order valence-corrected chi connectivity index (χ2v) is 7.69. The van der Waals surface area contributed by atoms with Gasteiger partial charge in [0, 0.05) is 19.6 Å². The summed E-state index contributed by atoms with van der Waals surface area (Å²) in [6.07, 6.45) is 2.95. The van der Waals surface area contributed by atoms with Gasteiger partial charge in [-0.05, 0) is 47.9 Å². The molecule has 2 atom stereocenters. The molecule has 2 aromatic rings. The number of aryl methyl sites for hydroxylation is 1. The molecule has 3 nitrogen and oxygen atoms in total. The van der Waals surface area contributed by atoms with E-state index in [4.69, 9.17) is 0 Å². The highest BCUT2D eigenvalue weighted by Crippen LogP contribution is 2.49. The van der Waals surface area contributed by atoms with Gasteiger partial charge in [-0.25, -0.2) is 0 Å². The number of carbonyl (C=O) groups is 1. The van der Waals surface area contributed by atoms with Gasteiger partial charge in [-0.3, -0.25) is 9.69 Å². The number of benzene rings is 2. The SMILES string of the molecule is Cc1ccccc1-c1ccccc1CN1C[C@@H]2CCC[C@@]2(C(=O)O)C1. The summed E-state index contributed by atoms with van der Waals surface area (Å²) in [5, 5.41) is 9.80. The van der Waals surface area contributed by atoms with Gasteiger partial charge >= 0.3 is 5.97 Å². The smallest absolute Gasteiger partial charge is 0.311 e. The maximum absolute atomic E-state index is 11.9. The van der Waals surface area contributed by atoms with Gasteiger partial charge < -0.3 is 5.11 Å². The molecule has 0 amide bonds. The van der Waals surface area contributed by atoms with Crippen LogP contribution in [-0.2, 0) is 11.3 Å². The molecule has 2 aliphatic rings. The lowest BCUT2D eigenvalue weighted by Gasteiger charge is -2.24. The summed E-state index contributed by atoms with van der Waals surface area (Å²) in [6.45, 7) is 4.57. The molecule has 1 saturated heterocycles. The number of likely N-dealkylation sites (tertiary alicyclic amines) is 1. The lowest BCUT2D eigenvalue weighted by atomic mass is 9.81. The molecule has 0 aromatic heterocycles. The van der Waals surface area contributed by atoms with Gasteiger partial charge in [0.2, 0.25) is 0 Å². The molecule has 1 saturated carbocycles. The fourth-order valence-corrected chi connectivity index (χ4v) is 4.90. The normalized spacial score (nSPS) is 25.9. The highest BCUT2D eigenvalue weighted by molar-refractivity contribution is 5.76. The molecule has 2 fully saturated rings. The fraction of sp³-hybridized carbons (Fsp3) is 0.409. The largest absolute Gasteiger partial charge is 0.481 e. The third-order valence-electron chi connectivity index (χ3n) is 6.21. The van der Waals surface area contributed by atoms with Crippen molar-refractivity contribution in [3.8, 4) is 11.1 Å². The first-order valence-corrected chi connectivity index (χ1v) is 9.20. The van der Waals surface area contributed by atoms with E-state index in [1.54, 1.807) is 0 Å². The van der Waals surface area contributed by atoms with Crippen LogP contribution in [0.5, 0.6) is 0 Å². The number of hydrogen-bond donors (Lipinski definition) is 1. The van der Waals surface area contributed by atoms with Crippen LogP contribution in [-0.4, -0.2) is 29.1 Å². The predicted molar refractivity (Wildman–Crippen MR) is 99.3 cm³/mol. The molecule has 0 unspecified atom stereocenters. The molecule has 1 aliphatic heterocycles. The average Bonchev–Trinajstić information content (AvgIpc) is 3.14. The Hall–Kier alpha value is -2.13. The van der Waals surface area contributed by atoms with E-state index in [-0.39, 0.29) is 0 Å². The van der Waals surface area contributed by atoms with E-state index in [1.807, 2.05) is 0 Å². The second kappa shape index (κ2) is 6.30. The standard InChI is InChI=1S/C22H25NO2/c1-16-7-2-4-10-19(16)20-11-5-3-8-17(20)13-23-14-18-9-6-12-22(18,15-23)21(24)25/h2-5,7-8,10-11,18H,6,9,12-15H2,1H3,(H,24,25)/t18-,22+/m0/s1. The minimum atomic E-state index is -0.593. The number of rotatable bonds is 4. The van der Waals surface area contributed by atoms with Crippen LogP contribution < -0.4 is 0 Å². The van der Waals surface area contributed by atoms with Crippen LogP contribution >= 0.6 is 0 Å². The molecule has 4 rings (SSSR count). The van der Waals surface area contributed by atoms with Crippen molar-refractivity contribution >= 4 is 5.97 Å². The average molecular weight is 335 g/mol. The van der Waals surface area contributed by atoms with Crippen molar-refractivity contribution in [3.63, 3.8) is 0 Å². The van der Waals surface area contributed by atoms with Crippen molar-refractivity contribution < 1.29 is 9.90 Å². The maximum Gasteiger partial charge on any atom is 0.311 e. The van der Waals surface area contributed by atoms with Gasteiger partial charge in [-0.15, -0.1) is 0 Å². The van der Waals surface area contributed by atoms with E-state index in [1.165, 1.54) is 22.3 Å². The Morgan fingerprint density at radius 3 is 2.60 bits per heavy atom. The Labute approximate surface area is 149 Å². The van der Waals surface area contributed by atoms with E-state index in [2.05, 4.69) is 60.4 Å². The highest BCUT2D eigenvalue weighted by Gasteiger charge is 2.54. The van der Waals surface area contributed by atoms with Crippen LogP contribution in [0, 0.1) is 18.3 Å². The van der Waals surface area contributed by atoms with Gasteiger partial charge in [0.05, 0.1) is 5.41 Å². The van der Waals surface area contributed by atoms with Gasteiger partial charge in [0.1, 0.15) is 0 Å². The summed E-state index contributed by atoms with van der Waals surface area (Å²) < 4.78 is 0. The van der Waals surface area contributed by atoms with Crippen LogP contribution in [0.3, 0.4) is 0 Å². The van der Waals surface area contributed by atoms with Crippen molar-refractivity contribution in [1.82, 2.24) is 4.90 Å². The minimum absolute atomic E-state index is 0.315. The summed E-state index contributed by atoms with van der Waals surface area (Å²) in [7, 11) is 0. The van der Waals surface area contributed by atoms with Crippen molar-refractivity contribution in [3.05, 3.63) is 59.7 Å². The highest BCUT2D eigenvalue weighted by atomic mass is 16.4. The third-order valence-corrected chi connectivity index (χ3v) is 6.21. The molecule has 2 aromatic carbocycles. The molecule has 1 N–H and O–H groups in total. The fourth-order valence-electron chi connectivity index (χ4n) is 4.90. The van der Waals surface area contributed by atoms with Crippen LogP contribution in [0.1, 0.15) is 30.4 Å². The minimum Gasteiger partial charge on any atom is -0.481 e. The number of carboxylic acid groups (broad SMARTS) is 1. The number of aliphatic carboxylic acids is 1. The molecular weight excluding hydrogens is 310 g/mol. The van der Waals surface area contributed by atoms with Gasteiger partial charge in [0.25, 0.3) is 0 Å². The van der Waals surface area contributed by atoms with Gasteiger partial charge in [-0.2, -0.15) is 0 Å². The van der Waals surface area contributed by atoms with Crippen LogP contribution in [0.2, 0.25) is 0 Å². The molecule has 25 heavy (non-hydrogen) atoms. The monoisotopic (exact) mass is 335 g/mol. The van der Waals surface area contributed by atoms with E-state index >= 15 is 0 Å². The van der Waals surface area contributed by atoms with Crippen LogP contribution in [0.15, 0.2) is 48.5 Å². The second-order valence-electron chi connectivity index (χ2n) is 7.69.